The number of anilines is 1. The molecule has 0 saturated heterocycles. The Morgan fingerprint density at radius 2 is 2.10 bits per heavy atom. The summed E-state index contributed by atoms with van der Waals surface area (Å²) in [4.78, 5) is 0. The van der Waals surface area contributed by atoms with Crippen LogP contribution in [0.15, 0.2) is 30.5 Å². The molecule has 0 saturated carbocycles. The minimum absolute atomic E-state index is 0.144. The van der Waals surface area contributed by atoms with Crippen molar-refractivity contribution in [2.45, 2.75) is 19.9 Å². The maximum Gasteiger partial charge on any atom is 0.142 e. The molecule has 1 heterocycles. The fourth-order valence-corrected chi connectivity index (χ4v) is 2.22. The van der Waals surface area contributed by atoms with E-state index >= 15 is 0 Å². The smallest absolute Gasteiger partial charge is 0.142 e. The Labute approximate surface area is 125 Å². The second-order valence-electron chi connectivity index (χ2n) is 5.09. The fourth-order valence-electron chi connectivity index (χ4n) is 2.22. The summed E-state index contributed by atoms with van der Waals surface area (Å²) in [6, 6.07) is 8.31. The Morgan fingerprint density at radius 1 is 1.29 bits per heavy atom. The molecule has 0 radical (unpaired) electrons. The van der Waals surface area contributed by atoms with Gasteiger partial charge in [-0.1, -0.05) is 6.07 Å². The molecule has 1 N–H and O–H groups in total. The lowest BCUT2D eigenvalue weighted by molar-refractivity contribution is 0.146. The summed E-state index contributed by atoms with van der Waals surface area (Å²) in [5, 5.41) is 7.69. The lowest BCUT2D eigenvalue weighted by Crippen LogP contribution is -2.13. The SMILES string of the molecule is COCCOc1cc(C)ccc1NC(C)c1ccnn1C. The first-order valence-corrected chi connectivity index (χ1v) is 7.08. The summed E-state index contributed by atoms with van der Waals surface area (Å²) in [5.74, 6) is 0.848. The topological polar surface area (TPSA) is 48.3 Å². The van der Waals surface area contributed by atoms with Crippen LogP contribution in [0.5, 0.6) is 5.75 Å². The van der Waals surface area contributed by atoms with E-state index in [-0.39, 0.29) is 6.04 Å². The molecule has 1 unspecified atom stereocenters. The van der Waals surface area contributed by atoms with E-state index in [0.717, 1.165) is 17.1 Å². The van der Waals surface area contributed by atoms with Crippen LogP contribution >= 0.6 is 0 Å². The van der Waals surface area contributed by atoms with E-state index < -0.39 is 0 Å². The number of rotatable bonds is 7. The van der Waals surface area contributed by atoms with Crippen LogP contribution < -0.4 is 10.1 Å². The molecule has 1 atom stereocenters. The van der Waals surface area contributed by atoms with Gasteiger partial charge in [-0.15, -0.1) is 0 Å². The summed E-state index contributed by atoms with van der Waals surface area (Å²) in [6.07, 6.45) is 1.80. The highest BCUT2D eigenvalue weighted by Crippen LogP contribution is 2.29. The number of ether oxygens (including phenoxy) is 2. The minimum atomic E-state index is 0.144. The molecule has 2 rings (SSSR count). The average molecular weight is 289 g/mol. The molecule has 1 aromatic heterocycles. The van der Waals surface area contributed by atoms with Gasteiger partial charge in [-0.05, 0) is 37.6 Å². The first-order valence-electron chi connectivity index (χ1n) is 7.08. The number of benzene rings is 1. The summed E-state index contributed by atoms with van der Waals surface area (Å²) >= 11 is 0. The molecular formula is C16H23N3O2. The number of aromatic nitrogens is 2. The van der Waals surface area contributed by atoms with Gasteiger partial charge in [0, 0.05) is 20.4 Å². The summed E-state index contributed by atoms with van der Waals surface area (Å²) < 4.78 is 12.7. The highest BCUT2D eigenvalue weighted by molar-refractivity contribution is 5.58. The molecule has 0 amide bonds. The second kappa shape index (κ2) is 7.13. The molecule has 0 bridgehead atoms. The molecule has 0 spiro atoms. The Kier molecular flexibility index (Phi) is 5.22. The summed E-state index contributed by atoms with van der Waals surface area (Å²) in [5.41, 5.74) is 3.27. The van der Waals surface area contributed by atoms with E-state index in [1.165, 1.54) is 5.56 Å². The lowest BCUT2D eigenvalue weighted by atomic mass is 10.1. The molecule has 21 heavy (non-hydrogen) atoms. The molecule has 5 heteroatoms. The van der Waals surface area contributed by atoms with E-state index in [4.69, 9.17) is 9.47 Å². The molecule has 0 fully saturated rings. The van der Waals surface area contributed by atoms with Gasteiger partial charge in [0.2, 0.25) is 0 Å². The van der Waals surface area contributed by atoms with Gasteiger partial charge in [-0.25, -0.2) is 0 Å². The molecule has 0 aliphatic carbocycles. The lowest BCUT2D eigenvalue weighted by Gasteiger charge is -2.19. The van der Waals surface area contributed by atoms with E-state index in [0.29, 0.717) is 13.2 Å². The van der Waals surface area contributed by atoms with E-state index in [1.807, 2.05) is 29.9 Å². The van der Waals surface area contributed by atoms with Gasteiger partial charge < -0.3 is 14.8 Å². The number of aryl methyl sites for hydroxylation is 2. The number of nitrogens with one attached hydrogen (secondary N) is 1. The Hall–Kier alpha value is -2.01. The van der Waals surface area contributed by atoms with Crippen LogP contribution in [0.2, 0.25) is 0 Å². The van der Waals surface area contributed by atoms with E-state index in [1.54, 1.807) is 13.3 Å². The van der Waals surface area contributed by atoms with Crippen molar-refractivity contribution < 1.29 is 9.47 Å². The number of hydrogen-bond donors (Lipinski definition) is 1. The van der Waals surface area contributed by atoms with Crippen molar-refractivity contribution in [2.24, 2.45) is 7.05 Å². The number of methoxy groups -OCH3 is 1. The maximum atomic E-state index is 5.80. The molecule has 1 aromatic carbocycles. The van der Waals surface area contributed by atoms with Gasteiger partial charge in [0.05, 0.1) is 24.0 Å². The van der Waals surface area contributed by atoms with Crippen LogP contribution in [-0.2, 0) is 11.8 Å². The van der Waals surface area contributed by atoms with Crippen molar-refractivity contribution in [3.05, 3.63) is 41.7 Å². The van der Waals surface area contributed by atoms with Crippen molar-refractivity contribution in [1.29, 1.82) is 0 Å². The normalized spacial score (nSPS) is 12.2. The average Bonchev–Trinajstić information content (AvgIpc) is 2.88. The van der Waals surface area contributed by atoms with Crippen molar-refractivity contribution in [3.63, 3.8) is 0 Å². The predicted molar refractivity (Wildman–Crippen MR) is 83.8 cm³/mol. The zero-order valence-electron chi connectivity index (χ0n) is 13.1. The van der Waals surface area contributed by atoms with Crippen LogP contribution in [0, 0.1) is 6.92 Å². The predicted octanol–water partition coefficient (Wildman–Crippen LogP) is 2.93. The molecule has 2 aromatic rings. The standard InChI is InChI=1S/C16H23N3O2/c1-12-5-6-14(16(11-12)21-10-9-20-4)18-13(2)15-7-8-17-19(15)3/h5-8,11,13,18H,9-10H2,1-4H3. The highest BCUT2D eigenvalue weighted by Gasteiger charge is 2.12. The first kappa shape index (κ1) is 15.4. The largest absolute Gasteiger partial charge is 0.489 e. The van der Waals surface area contributed by atoms with E-state index in [9.17, 15) is 0 Å². The Morgan fingerprint density at radius 3 is 2.76 bits per heavy atom. The van der Waals surface area contributed by atoms with Gasteiger partial charge in [0.1, 0.15) is 12.4 Å². The third kappa shape index (κ3) is 3.98. The van der Waals surface area contributed by atoms with Gasteiger partial charge in [-0.2, -0.15) is 5.10 Å². The molecule has 0 aliphatic heterocycles. The van der Waals surface area contributed by atoms with Gasteiger partial charge in [-0.3, -0.25) is 4.68 Å². The van der Waals surface area contributed by atoms with Crippen molar-refractivity contribution in [2.75, 3.05) is 25.6 Å². The maximum absolute atomic E-state index is 5.80. The highest BCUT2D eigenvalue weighted by atomic mass is 16.5. The number of nitrogens with zero attached hydrogens (tertiary/aromatic N) is 2. The number of hydrogen-bond acceptors (Lipinski definition) is 4. The van der Waals surface area contributed by atoms with Gasteiger partial charge in [0.25, 0.3) is 0 Å². The third-order valence-electron chi connectivity index (χ3n) is 3.36. The van der Waals surface area contributed by atoms with Gasteiger partial charge >= 0.3 is 0 Å². The van der Waals surface area contributed by atoms with Crippen molar-refractivity contribution in [1.82, 2.24) is 9.78 Å². The third-order valence-corrected chi connectivity index (χ3v) is 3.36. The van der Waals surface area contributed by atoms with Gasteiger partial charge in [0.15, 0.2) is 0 Å². The Bertz CT molecular complexity index is 581. The van der Waals surface area contributed by atoms with Crippen LogP contribution in [0.1, 0.15) is 24.2 Å². The minimum Gasteiger partial charge on any atom is -0.489 e. The van der Waals surface area contributed by atoms with E-state index in [2.05, 4.69) is 30.3 Å². The molecule has 0 aliphatic rings. The monoisotopic (exact) mass is 289 g/mol. The molecular weight excluding hydrogens is 266 g/mol. The quantitative estimate of drug-likeness (QED) is 0.796. The molecule has 114 valence electrons. The Balaban J connectivity index is 2.13. The van der Waals surface area contributed by atoms with Crippen molar-refractivity contribution >= 4 is 5.69 Å². The summed E-state index contributed by atoms with van der Waals surface area (Å²) in [7, 11) is 3.61. The first-order chi connectivity index (χ1) is 10.1. The fraction of sp³-hybridized carbons (Fsp3) is 0.438. The van der Waals surface area contributed by atoms with Crippen LogP contribution in [0.25, 0.3) is 0 Å². The van der Waals surface area contributed by atoms with Crippen LogP contribution in [0.4, 0.5) is 5.69 Å². The zero-order valence-corrected chi connectivity index (χ0v) is 13.1. The summed E-state index contributed by atoms with van der Waals surface area (Å²) in [6.45, 7) is 5.27. The zero-order chi connectivity index (χ0) is 15.2. The van der Waals surface area contributed by atoms with Crippen molar-refractivity contribution in [3.8, 4) is 5.75 Å². The molecule has 5 nitrogen and oxygen atoms in total. The second-order valence-corrected chi connectivity index (χ2v) is 5.09. The van der Waals surface area contributed by atoms with Crippen LogP contribution in [-0.4, -0.2) is 30.1 Å². The van der Waals surface area contributed by atoms with Crippen LogP contribution in [0.3, 0.4) is 0 Å².